The van der Waals surface area contributed by atoms with Gasteiger partial charge in [-0.05, 0) is 25.3 Å². The van der Waals surface area contributed by atoms with E-state index in [9.17, 15) is 9.59 Å². The minimum Gasteiger partial charge on any atom is -0.337 e. The first-order chi connectivity index (χ1) is 10.5. The van der Waals surface area contributed by atoms with Crippen LogP contribution in [0.2, 0.25) is 0 Å². The van der Waals surface area contributed by atoms with Crippen LogP contribution in [0.3, 0.4) is 0 Å². The third-order valence-corrected chi connectivity index (χ3v) is 5.95. The van der Waals surface area contributed by atoms with E-state index >= 15 is 0 Å². The highest BCUT2D eigenvalue weighted by Crippen LogP contribution is 2.39. The van der Waals surface area contributed by atoms with Crippen LogP contribution in [0.4, 0.5) is 5.13 Å². The molecule has 2 atom stereocenters. The summed E-state index contributed by atoms with van der Waals surface area (Å²) in [5.41, 5.74) is 0.926. The minimum atomic E-state index is -0.374. The number of thiazole rings is 1. The zero-order valence-electron chi connectivity index (χ0n) is 12.6. The molecule has 0 radical (unpaired) electrons. The molecule has 7 heteroatoms. The summed E-state index contributed by atoms with van der Waals surface area (Å²) in [5.74, 6) is -0.504. The van der Waals surface area contributed by atoms with Crippen molar-refractivity contribution in [3.63, 3.8) is 0 Å². The van der Waals surface area contributed by atoms with Crippen molar-refractivity contribution in [1.29, 1.82) is 0 Å². The first-order valence-corrected chi connectivity index (χ1v) is 8.71. The molecule has 2 amide bonds. The second-order valence-electron chi connectivity index (χ2n) is 5.43. The number of hydrogen-bond acceptors (Lipinski definition) is 5. The molecule has 1 aliphatic heterocycles. The summed E-state index contributed by atoms with van der Waals surface area (Å²) in [6.07, 6.45) is 0.244. The summed E-state index contributed by atoms with van der Waals surface area (Å²) < 4.78 is 0. The standard InChI is InChI=1S/C15H17N3O2S2/c1-8-9(2)22-15(16-8)17-14(20)10-7-12(19)18(3)13(10)11-5-4-6-21-11/h4-6,10,13H,7H2,1-3H3,(H,16,17,20)/t10-,13-/m0/s1. The Kier molecular flexibility index (Phi) is 4.01. The zero-order valence-corrected chi connectivity index (χ0v) is 14.3. The van der Waals surface area contributed by atoms with Crippen molar-refractivity contribution in [3.05, 3.63) is 33.0 Å². The number of hydrogen-bond donors (Lipinski definition) is 1. The Bertz CT molecular complexity index is 689. The SMILES string of the molecule is Cc1nc(NC(=O)[C@H]2CC(=O)N(C)[C@@H]2c2cccs2)sc1C. The molecule has 116 valence electrons. The molecule has 1 saturated heterocycles. The molecule has 2 aromatic heterocycles. The lowest BCUT2D eigenvalue weighted by Crippen LogP contribution is -2.29. The van der Waals surface area contributed by atoms with Crippen LogP contribution in [-0.4, -0.2) is 28.7 Å². The van der Waals surface area contributed by atoms with Crippen LogP contribution >= 0.6 is 22.7 Å². The second kappa shape index (κ2) is 5.81. The number of likely N-dealkylation sites (tertiary alicyclic amines) is 1. The fourth-order valence-electron chi connectivity index (χ4n) is 2.68. The fourth-order valence-corrected chi connectivity index (χ4v) is 4.43. The first kappa shape index (κ1) is 15.2. The number of aryl methyl sites for hydroxylation is 2. The van der Waals surface area contributed by atoms with Gasteiger partial charge in [0, 0.05) is 23.2 Å². The summed E-state index contributed by atoms with van der Waals surface area (Å²) in [6, 6.07) is 3.73. The molecule has 1 N–H and O–H groups in total. The van der Waals surface area contributed by atoms with Gasteiger partial charge < -0.3 is 10.2 Å². The van der Waals surface area contributed by atoms with Gasteiger partial charge in [-0.1, -0.05) is 6.07 Å². The molecule has 0 aliphatic carbocycles. The van der Waals surface area contributed by atoms with E-state index in [0.717, 1.165) is 15.4 Å². The van der Waals surface area contributed by atoms with Crippen molar-refractivity contribution < 1.29 is 9.59 Å². The highest BCUT2D eigenvalue weighted by Gasteiger charge is 2.43. The van der Waals surface area contributed by atoms with E-state index in [2.05, 4.69) is 10.3 Å². The number of nitrogens with zero attached hydrogens (tertiary/aromatic N) is 2. The number of amides is 2. The molecule has 3 rings (SSSR count). The molecule has 1 aliphatic rings. The lowest BCUT2D eigenvalue weighted by Gasteiger charge is -2.23. The van der Waals surface area contributed by atoms with Crippen molar-refractivity contribution in [2.45, 2.75) is 26.3 Å². The highest BCUT2D eigenvalue weighted by atomic mass is 32.1. The van der Waals surface area contributed by atoms with Gasteiger partial charge in [0.2, 0.25) is 11.8 Å². The summed E-state index contributed by atoms with van der Waals surface area (Å²) in [7, 11) is 1.76. The van der Waals surface area contributed by atoms with Gasteiger partial charge in [0.25, 0.3) is 0 Å². The average Bonchev–Trinajstić information content (AvgIpc) is 3.14. The van der Waals surface area contributed by atoms with Crippen LogP contribution in [0.1, 0.15) is 27.9 Å². The van der Waals surface area contributed by atoms with Gasteiger partial charge >= 0.3 is 0 Å². The third-order valence-electron chi connectivity index (χ3n) is 4.02. The quantitative estimate of drug-likeness (QED) is 0.938. The maximum absolute atomic E-state index is 12.6. The maximum atomic E-state index is 12.6. The summed E-state index contributed by atoms with van der Waals surface area (Å²) in [6.45, 7) is 3.90. The Labute approximate surface area is 137 Å². The van der Waals surface area contributed by atoms with E-state index < -0.39 is 0 Å². The Balaban J connectivity index is 1.82. The van der Waals surface area contributed by atoms with E-state index in [-0.39, 0.29) is 30.2 Å². The van der Waals surface area contributed by atoms with Gasteiger partial charge in [-0.3, -0.25) is 9.59 Å². The number of anilines is 1. The summed E-state index contributed by atoms with van der Waals surface area (Å²) >= 11 is 3.04. The van der Waals surface area contributed by atoms with Crippen LogP contribution in [0.5, 0.6) is 0 Å². The fraction of sp³-hybridized carbons (Fsp3) is 0.400. The predicted octanol–water partition coefficient (Wildman–Crippen LogP) is 2.98. The molecule has 0 bridgehead atoms. The van der Waals surface area contributed by atoms with Crippen molar-refractivity contribution in [3.8, 4) is 0 Å². The van der Waals surface area contributed by atoms with Gasteiger partial charge in [-0.2, -0.15) is 0 Å². The van der Waals surface area contributed by atoms with Gasteiger partial charge in [-0.15, -0.1) is 22.7 Å². The number of nitrogens with one attached hydrogen (secondary N) is 1. The van der Waals surface area contributed by atoms with E-state index in [0.29, 0.717) is 5.13 Å². The number of rotatable bonds is 3. The van der Waals surface area contributed by atoms with Crippen LogP contribution in [0.25, 0.3) is 0 Å². The Morgan fingerprint density at radius 2 is 2.23 bits per heavy atom. The molecule has 2 aromatic rings. The molecule has 0 unspecified atom stereocenters. The van der Waals surface area contributed by atoms with Crippen LogP contribution in [0.15, 0.2) is 17.5 Å². The second-order valence-corrected chi connectivity index (χ2v) is 7.61. The number of carbonyl (C=O) groups is 2. The number of thiophene rings is 1. The molecule has 0 spiro atoms. The van der Waals surface area contributed by atoms with E-state index in [1.165, 1.54) is 11.3 Å². The minimum absolute atomic E-state index is 0.00468. The van der Waals surface area contributed by atoms with E-state index in [1.807, 2.05) is 31.4 Å². The number of carbonyl (C=O) groups excluding carboxylic acids is 2. The molecular weight excluding hydrogens is 318 g/mol. The molecule has 5 nitrogen and oxygen atoms in total. The van der Waals surface area contributed by atoms with E-state index in [4.69, 9.17) is 0 Å². The lowest BCUT2D eigenvalue weighted by atomic mass is 9.98. The average molecular weight is 335 g/mol. The van der Waals surface area contributed by atoms with Crippen LogP contribution < -0.4 is 5.32 Å². The topological polar surface area (TPSA) is 62.3 Å². The summed E-state index contributed by atoms with van der Waals surface area (Å²) in [5, 5.41) is 5.44. The molecule has 22 heavy (non-hydrogen) atoms. The summed E-state index contributed by atoms with van der Waals surface area (Å²) in [4.78, 5) is 32.8. The van der Waals surface area contributed by atoms with Crippen molar-refractivity contribution in [2.24, 2.45) is 5.92 Å². The molecule has 1 fully saturated rings. The molecule has 0 aromatic carbocycles. The molecular formula is C15H17N3O2S2. The largest absolute Gasteiger partial charge is 0.337 e. The Hall–Kier alpha value is -1.73. The van der Waals surface area contributed by atoms with Crippen molar-refractivity contribution in [2.75, 3.05) is 12.4 Å². The highest BCUT2D eigenvalue weighted by molar-refractivity contribution is 7.15. The van der Waals surface area contributed by atoms with Crippen LogP contribution in [0, 0.1) is 19.8 Å². The Morgan fingerprint density at radius 3 is 2.82 bits per heavy atom. The molecule has 3 heterocycles. The van der Waals surface area contributed by atoms with Gasteiger partial charge in [0.1, 0.15) is 0 Å². The first-order valence-electron chi connectivity index (χ1n) is 7.01. The maximum Gasteiger partial charge on any atom is 0.232 e. The zero-order chi connectivity index (χ0) is 15.9. The Morgan fingerprint density at radius 1 is 1.45 bits per heavy atom. The monoisotopic (exact) mass is 335 g/mol. The van der Waals surface area contributed by atoms with Crippen molar-refractivity contribution in [1.82, 2.24) is 9.88 Å². The van der Waals surface area contributed by atoms with Crippen LogP contribution in [-0.2, 0) is 9.59 Å². The van der Waals surface area contributed by atoms with Gasteiger partial charge in [0.15, 0.2) is 5.13 Å². The lowest BCUT2D eigenvalue weighted by molar-refractivity contribution is -0.127. The smallest absolute Gasteiger partial charge is 0.232 e. The van der Waals surface area contributed by atoms with Crippen molar-refractivity contribution >= 4 is 39.6 Å². The normalized spacial score (nSPS) is 21.4. The van der Waals surface area contributed by atoms with Gasteiger partial charge in [-0.25, -0.2) is 4.98 Å². The third kappa shape index (κ3) is 2.66. The van der Waals surface area contributed by atoms with Gasteiger partial charge in [0.05, 0.1) is 17.7 Å². The number of aromatic nitrogens is 1. The molecule has 0 saturated carbocycles. The van der Waals surface area contributed by atoms with E-state index in [1.54, 1.807) is 23.3 Å². The predicted molar refractivity (Wildman–Crippen MR) is 88.2 cm³/mol.